The van der Waals surface area contributed by atoms with Gasteiger partial charge in [-0.05, 0) is 48.9 Å². The van der Waals surface area contributed by atoms with Crippen LogP contribution in [0.3, 0.4) is 0 Å². The fraction of sp³-hybridized carbons (Fsp3) is 0.389. The number of carbonyl (C=O) groups is 1. The Kier molecular flexibility index (Phi) is 8.07. The standard InChI is InChI=1S/C18H23ClN2O4S2/c1-14-16(19)7-3-8-17(14)21(27(2,23)24)12-18(22)20-9-5-11-26-13-15-6-4-10-25-15/h3-4,6-8,10H,5,9,11-13H2,1-2H3,(H,20,22). The number of nitrogens with one attached hydrogen (secondary N) is 1. The molecule has 148 valence electrons. The van der Waals surface area contributed by atoms with E-state index < -0.39 is 10.0 Å². The molecule has 0 saturated heterocycles. The molecule has 0 aliphatic rings. The fourth-order valence-electron chi connectivity index (χ4n) is 2.40. The molecular formula is C18H23ClN2O4S2. The van der Waals surface area contributed by atoms with Crippen LogP contribution in [-0.2, 0) is 20.6 Å². The first-order chi connectivity index (χ1) is 12.8. The van der Waals surface area contributed by atoms with E-state index >= 15 is 0 Å². The highest BCUT2D eigenvalue weighted by Gasteiger charge is 2.22. The highest BCUT2D eigenvalue weighted by atomic mass is 35.5. The van der Waals surface area contributed by atoms with Crippen LogP contribution in [0.1, 0.15) is 17.7 Å². The minimum absolute atomic E-state index is 0.278. The third-order valence-corrected chi connectivity index (χ3v) is 6.41. The van der Waals surface area contributed by atoms with Crippen LogP contribution in [0, 0.1) is 6.92 Å². The topological polar surface area (TPSA) is 79.6 Å². The molecule has 0 unspecified atom stereocenters. The van der Waals surface area contributed by atoms with Gasteiger partial charge in [-0.15, -0.1) is 0 Å². The molecule has 1 amide bonds. The maximum atomic E-state index is 12.2. The first-order valence-electron chi connectivity index (χ1n) is 8.38. The zero-order valence-corrected chi connectivity index (χ0v) is 17.7. The van der Waals surface area contributed by atoms with E-state index in [2.05, 4.69) is 5.32 Å². The van der Waals surface area contributed by atoms with Crippen molar-refractivity contribution >= 4 is 45.0 Å². The Morgan fingerprint density at radius 2 is 2.07 bits per heavy atom. The second-order valence-corrected chi connectivity index (χ2v) is 9.41. The molecule has 0 aliphatic heterocycles. The van der Waals surface area contributed by atoms with Gasteiger partial charge in [-0.3, -0.25) is 9.10 Å². The van der Waals surface area contributed by atoms with Gasteiger partial charge in [0.15, 0.2) is 0 Å². The van der Waals surface area contributed by atoms with Gasteiger partial charge in [0.25, 0.3) is 0 Å². The molecule has 0 bridgehead atoms. The first-order valence-corrected chi connectivity index (χ1v) is 11.8. The number of nitrogens with zero attached hydrogens (tertiary/aromatic N) is 1. The second kappa shape index (κ2) is 10.1. The summed E-state index contributed by atoms with van der Waals surface area (Å²) in [4.78, 5) is 12.2. The molecule has 1 heterocycles. The number of carbonyl (C=O) groups excluding carboxylic acids is 1. The van der Waals surface area contributed by atoms with Crippen molar-refractivity contribution in [2.75, 3.05) is 29.4 Å². The van der Waals surface area contributed by atoms with E-state index in [1.165, 1.54) is 0 Å². The van der Waals surface area contributed by atoms with E-state index in [0.717, 1.165) is 34.2 Å². The summed E-state index contributed by atoms with van der Waals surface area (Å²) in [6, 6.07) is 8.76. The van der Waals surface area contributed by atoms with Crippen molar-refractivity contribution in [1.29, 1.82) is 0 Å². The quantitative estimate of drug-likeness (QED) is 0.584. The molecule has 1 aromatic heterocycles. The summed E-state index contributed by atoms with van der Waals surface area (Å²) in [6.07, 6.45) is 3.50. The average Bonchev–Trinajstić information content (AvgIpc) is 3.11. The largest absolute Gasteiger partial charge is 0.468 e. The molecule has 0 atom stereocenters. The van der Waals surface area contributed by atoms with Crippen LogP contribution in [0.25, 0.3) is 0 Å². The number of thioether (sulfide) groups is 1. The minimum atomic E-state index is -3.62. The van der Waals surface area contributed by atoms with E-state index in [1.54, 1.807) is 43.1 Å². The van der Waals surface area contributed by atoms with Crippen molar-refractivity contribution in [3.05, 3.63) is 52.9 Å². The van der Waals surface area contributed by atoms with E-state index in [1.807, 2.05) is 12.1 Å². The van der Waals surface area contributed by atoms with Crippen LogP contribution in [0.5, 0.6) is 0 Å². The van der Waals surface area contributed by atoms with Crippen molar-refractivity contribution < 1.29 is 17.6 Å². The average molecular weight is 431 g/mol. The van der Waals surface area contributed by atoms with Gasteiger partial charge in [-0.2, -0.15) is 11.8 Å². The molecule has 0 radical (unpaired) electrons. The van der Waals surface area contributed by atoms with Gasteiger partial charge in [-0.1, -0.05) is 17.7 Å². The lowest BCUT2D eigenvalue weighted by Crippen LogP contribution is -2.41. The van der Waals surface area contributed by atoms with Gasteiger partial charge in [0.2, 0.25) is 15.9 Å². The first kappa shape index (κ1) is 21.7. The summed E-state index contributed by atoms with van der Waals surface area (Å²) in [5.74, 6) is 2.22. The number of rotatable bonds is 10. The number of sulfonamides is 1. The van der Waals surface area contributed by atoms with Crippen molar-refractivity contribution in [1.82, 2.24) is 5.32 Å². The molecule has 1 N–H and O–H groups in total. The van der Waals surface area contributed by atoms with Gasteiger partial charge in [0.05, 0.1) is 24.0 Å². The summed E-state index contributed by atoms with van der Waals surface area (Å²) >= 11 is 7.80. The lowest BCUT2D eigenvalue weighted by Gasteiger charge is -2.24. The summed E-state index contributed by atoms with van der Waals surface area (Å²) < 4.78 is 30.6. The van der Waals surface area contributed by atoms with Crippen molar-refractivity contribution in [3.8, 4) is 0 Å². The highest BCUT2D eigenvalue weighted by molar-refractivity contribution is 7.98. The number of benzene rings is 1. The predicted molar refractivity (Wildman–Crippen MR) is 111 cm³/mol. The Morgan fingerprint density at radius 3 is 2.74 bits per heavy atom. The predicted octanol–water partition coefficient (Wildman–Crippen LogP) is 3.45. The molecule has 1 aromatic carbocycles. The Balaban J connectivity index is 1.83. The molecule has 2 rings (SSSR count). The Hall–Kier alpha value is -1.64. The van der Waals surface area contributed by atoms with E-state index in [9.17, 15) is 13.2 Å². The van der Waals surface area contributed by atoms with Crippen LogP contribution in [0.15, 0.2) is 41.0 Å². The number of amides is 1. The van der Waals surface area contributed by atoms with Gasteiger partial charge in [0.1, 0.15) is 12.3 Å². The highest BCUT2D eigenvalue weighted by Crippen LogP contribution is 2.27. The van der Waals surface area contributed by atoms with Gasteiger partial charge in [0, 0.05) is 11.6 Å². The van der Waals surface area contributed by atoms with E-state index in [0.29, 0.717) is 22.8 Å². The molecular weight excluding hydrogens is 408 g/mol. The second-order valence-electron chi connectivity index (χ2n) is 5.99. The molecule has 0 aliphatic carbocycles. The normalized spacial score (nSPS) is 11.4. The third-order valence-electron chi connectivity index (χ3n) is 3.81. The van der Waals surface area contributed by atoms with E-state index in [-0.39, 0.29) is 12.5 Å². The van der Waals surface area contributed by atoms with Crippen LogP contribution >= 0.6 is 23.4 Å². The lowest BCUT2D eigenvalue weighted by molar-refractivity contribution is -0.119. The monoisotopic (exact) mass is 430 g/mol. The van der Waals surface area contributed by atoms with Crippen LogP contribution in [-0.4, -0.2) is 39.4 Å². The van der Waals surface area contributed by atoms with Gasteiger partial charge < -0.3 is 9.73 Å². The molecule has 2 aromatic rings. The van der Waals surface area contributed by atoms with Crippen LogP contribution in [0.2, 0.25) is 5.02 Å². The number of anilines is 1. The SMILES string of the molecule is Cc1c(Cl)cccc1N(CC(=O)NCCCSCc1ccco1)S(C)(=O)=O. The summed E-state index contributed by atoms with van der Waals surface area (Å²) in [7, 11) is -3.62. The van der Waals surface area contributed by atoms with Crippen LogP contribution < -0.4 is 9.62 Å². The smallest absolute Gasteiger partial charge is 0.240 e. The van der Waals surface area contributed by atoms with E-state index in [4.69, 9.17) is 16.0 Å². The Labute approximate surface area is 169 Å². The maximum Gasteiger partial charge on any atom is 0.240 e. The zero-order valence-electron chi connectivity index (χ0n) is 15.3. The number of hydrogen-bond acceptors (Lipinski definition) is 5. The number of halogens is 1. The van der Waals surface area contributed by atoms with Crippen molar-refractivity contribution in [2.45, 2.75) is 19.1 Å². The van der Waals surface area contributed by atoms with Gasteiger partial charge in [-0.25, -0.2) is 8.42 Å². The molecule has 6 nitrogen and oxygen atoms in total. The zero-order chi connectivity index (χ0) is 19.9. The molecule has 9 heteroatoms. The molecule has 0 saturated carbocycles. The van der Waals surface area contributed by atoms with Crippen LogP contribution in [0.4, 0.5) is 5.69 Å². The minimum Gasteiger partial charge on any atom is -0.468 e. The number of hydrogen-bond donors (Lipinski definition) is 1. The summed E-state index contributed by atoms with van der Waals surface area (Å²) in [5, 5.41) is 3.22. The van der Waals surface area contributed by atoms with Crippen molar-refractivity contribution in [3.63, 3.8) is 0 Å². The molecule has 0 fully saturated rings. The van der Waals surface area contributed by atoms with Crippen molar-refractivity contribution in [2.24, 2.45) is 0 Å². The lowest BCUT2D eigenvalue weighted by atomic mass is 10.2. The Bertz CT molecular complexity index is 854. The fourth-order valence-corrected chi connectivity index (χ4v) is 4.34. The molecule has 0 spiro atoms. The maximum absolute atomic E-state index is 12.2. The third kappa shape index (κ3) is 6.79. The summed E-state index contributed by atoms with van der Waals surface area (Å²) in [6.45, 7) is 1.93. The summed E-state index contributed by atoms with van der Waals surface area (Å²) in [5.41, 5.74) is 1.03. The number of furan rings is 1. The molecule has 27 heavy (non-hydrogen) atoms. The Morgan fingerprint density at radius 1 is 1.30 bits per heavy atom. The van der Waals surface area contributed by atoms with Gasteiger partial charge >= 0.3 is 0 Å².